The Labute approximate surface area is 140 Å². The van der Waals surface area contributed by atoms with Gasteiger partial charge >= 0.3 is 0 Å². The van der Waals surface area contributed by atoms with Crippen molar-refractivity contribution < 1.29 is 4.79 Å². The second-order valence-corrected chi connectivity index (χ2v) is 6.38. The van der Waals surface area contributed by atoms with Gasteiger partial charge in [-0.3, -0.25) is 4.79 Å². The monoisotopic (exact) mass is 444 g/mol. The fraction of sp³-hybridized carbons (Fsp3) is 0.133. The highest BCUT2D eigenvalue weighted by molar-refractivity contribution is 14.1. The number of rotatable bonds is 4. The molecule has 0 bridgehead atoms. The highest BCUT2D eigenvalue weighted by Gasteiger charge is 2.10. The van der Waals surface area contributed by atoms with E-state index in [0.29, 0.717) is 18.7 Å². The Morgan fingerprint density at radius 3 is 2.60 bits per heavy atom. The fourth-order valence-corrected chi connectivity index (χ4v) is 2.79. The molecule has 0 aromatic heterocycles. The molecule has 0 aliphatic carbocycles. The van der Waals surface area contributed by atoms with E-state index < -0.39 is 0 Å². The van der Waals surface area contributed by atoms with Crippen molar-refractivity contribution in [3.8, 4) is 0 Å². The van der Waals surface area contributed by atoms with Crippen LogP contribution < -0.4 is 11.1 Å². The molecule has 0 saturated carbocycles. The van der Waals surface area contributed by atoms with E-state index in [1.807, 2.05) is 42.5 Å². The van der Waals surface area contributed by atoms with Crippen LogP contribution >= 0.6 is 38.5 Å². The number of nitrogens with one attached hydrogen (secondary N) is 1. The SMILES string of the molecule is NCc1ccccc1CNC(=O)c1cc(I)ccc1Br. The number of carbonyl (C=O) groups is 1. The molecule has 0 spiro atoms. The summed E-state index contributed by atoms with van der Waals surface area (Å²) in [6.07, 6.45) is 0. The maximum absolute atomic E-state index is 12.2. The van der Waals surface area contributed by atoms with Crippen LogP contribution in [0, 0.1) is 3.57 Å². The summed E-state index contributed by atoms with van der Waals surface area (Å²) in [5, 5.41) is 2.93. The van der Waals surface area contributed by atoms with Crippen molar-refractivity contribution in [3.05, 3.63) is 67.2 Å². The summed E-state index contributed by atoms with van der Waals surface area (Å²) in [5.74, 6) is -0.0952. The lowest BCUT2D eigenvalue weighted by atomic mass is 10.1. The third-order valence-corrected chi connectivity index (χ3v) is 4.31. The van der Waals surface area contributed by atoms with E-state index in [2.05, 4.69) is 43.8 Å². The molecular formula is C15H14BrIN2O. The fourth-order valence-electron chi connectivity index (χ4n) is 1.87. The molecule has 2 aromatic carbocycles. The largest absolute Gasteiger partial charge is 0.348 e. The summed E-state index contributed by atoms with van der Waals surface area (Å²) in [4.78, 5) is 12.2. The summed E-state index contributed by atoms with van der Waals surface area (Å²) < 4.78 is 1.82. The Morgan fingerprint density at radius 2 is 1.90 bits per heavy atom. The molecule has 3 N–H and O–H groups in total. The Balaban J connectivity index is 2.11. The van der Waals surface area contributed by atoms with Gasteiger partial charge in [0.05, 0.1) is 5.56 Å². The molecule has 104 valence electrons. The van der Waals surface area contributed by atoms with Crippen molar-refractivity contribution in [1.82, 2.24) is 5.32 Å². The predicted molar refractivity (Wildman–Crippen MR) is 92.4 cm³/mol. The minimum absolute atomic E-state index is 0.0952. The second-order valence-electron chi connectivity index (χ2n) is 4.28. The Kier molecular flexibility index (Phi) is 5.56. The highest BCUT2D eigenvalue weighted by Crippen LogP contribution is 2.19. The number of benzene rings is 2. The summed E-state index contributed by atoms with van der Waals surface area (Å²) in [7, 11) is 0. The van der Waals surface area contributed by atoms with E-state index in [1.54, 1.807) is 0 Å². The zero-order valence-electron chi connectivity index (χ0n) is 10.7. The number of halogens is 2. The first-order valence-corrected chi connectivity index (χ1v) is 7.99. The molecule has 5 heteroatoms. The van der Waals surface area contributed by atoms with E-state index in [0.717, 1.165) is 19.2 Å². The van der Waals surface area contributed by atoms with Gasteiger partial charge in [0.15, 0.2) is 0 Å². The molecular weight excluding hydrogens is 431 g/mol. The zero-order chi connectivity index (χ0) is 14.5. The standard InChI is InChI=1S/C15H14BrIN2O/c16-14-6-5-12(17)7-13(14)15(20)19-9-11-4-2-1-3-10(11)8-18/h1-7H,8-9,18H2,(H,19,20). The van der Waals surface area contributed by atoms with E-state index in [1.165, 1.54) is 0 Å². The molecule has 0 atom stereocenters. The van der Waals surface area contributed by atoms with Gasteiger partial charge in [-0.15, -0.1) is 0 Å². The van der Waals surface area contributed by atoms with Crippen LogP contribution in [0.15, 0.2) is 46.9 Å². The molecule has 0 aliphatic rings. The Bertz CT molecular complexity index is 631. The van der Waals surface area contributed by atoms with Crippen LogP contribution in [0.2, 0.25) is 0 Å². The van der Waals surface area contributed by atoms with Crippen LogP contribution in [0.3, 0.4) is 0 Å². The van der Waals surface area contributed by atoms with E-state index in [-0.39, 0.29) is 5.91 Å². The molecule has 0 saturated heterocycles. The second kappa shape index (κ2) is 7.19. The van der Waals surface area contributed by atoms with Crippen molar-refractivity contribution in [1.29, 1.82) is 0 Å². The summed E-state index contributed by atoms with van der Waals surface area (Å²) in [6.45, 7) is 0.948. The van der Waals surface area contributed by atoms with Crippen LogP contribution in [0.5, 0.6) is 0 Å². The molecule has 2 aromatic rings. The van der Waals surface area contributed by atoms with Gasteiger partial charge in [-0.05, 0) is 67.8 Å². The Morgan fingerprint density at radius 1 is 1.20 bits per heavy atom. The first-order chi connectivity index (χ1) is 9.61. The maximum Gasteiger partial charge on any atom is 0.252 e. The maximum atomic E-state index is 12.2. The van der Waals surface area contributed by atoms with E-state index >= 15 is 0 Å². The first-order valence-electron chi connectivity index (χ1n) is 6.12. The van der Waals surface area contributed by atoms with E-state index in [4.69, 9.17) is 5.73 Å². The lowest BCUT2D eigenvalue weighted by Gasteiger charge is -2.10. The van der Waals surface area contributed by atoms with Crippen LogP contribution in [-0.2, 0) is 13.1 Å². The van der Waals surface area contributed by atoms with Crippen LogP contribution in [0.25, 0.3) is 0 Å². The average Bonchev–Trinajstić information content (AvgIpc) is 2.47. The first kappa shape index (κ1) is 15.5. The van der Waals surface area contributed by atoms with Crippen molar-refractivity contribution >= 4 is 44.4 Å². The molecule has 2 rings (SSSR count). The highest BCUT2D eigenvalue weighted by atomic mass is 127. The number of carbonyl (C=O) groups excluding carboxylic acids is 1. The van der Waals surface area contributed by atoms with Crippen molar-refractivity contribution in [3.63, 3.8) is 0 Å². The number of hydrogen-bond donors (Lipinski definition) is 2. The van der Waals surface area contributed by atoms with Crippen LogP contribution in [-0.4, -0.2) is 5.91 Å². The van der Waals surface area contributed by atoms with Crippen LogP contribution in [0.4, 0.5) is 0 Å². The number of amides is 1. The van der Waals surface area contributed by atoms with E-state index in [9.17, 15) is 4.79 Å². The van der Waals surface area contributed by atoms with Gasteiger partial charge in [0.1, 0.15) is 0 Å². The number of nitrogens with two attached hydrogens (primary N) is 1. The van der Waals surface area contributed by atoms with Gasteiger partial charge in [0.25, 0.3) is 5.91 Å². The van der Waals surface area contributed by atoms with Crippen molar-refractivity contribution in [2.24, 2.45) is 5.73 Å². The molecule has 0 heterocycles. The lowest BCUT2D eigenvalue weighted by molar-refractivity contribution is 0.0950. The smallest absolute Gasteiger partial charge is 0.252 e. The van der Waals surface area contributed by atoms with Gasteiger partial charge in [0.2, 0.25) is 0 Å². The summed E-state index contributed by atoms with van der Waals surface area (Å²) in [5.41, 5.74) is 8.43. The third kappa shape index (κ3) is 3.80. The van der Waals surface area contributed by atoms with Gasteiger partial charge in [-0.25, -0.2) is 0 Å². The normalized spacial score (nSPS) is 10.3. The molecule has 20 heavy (non-hydrogen) atoms. The summed E-state index contributed by atoms with van der Waals surface area (Å²) in [6, 6.07) is 13.5. The molecule has 1 amide bonds. The molecule has 0 fully saturated rings. The Hall–Kier alpha value is -0.920. The quantitative estimate of drug-likeness (QED) is 0.709. The molecule has 0 radical (unpaired) electrons. The third-order valence-electron chi connectivity index (χ3n) is 2.95. The summed E-state index contributed by atoms with van der Waals surface area (Å²) >= 11 is 5.59. The molecule has 0 aliphatic heterocycles. The van der Waals surface area contributed by atoms with Gasteiger partial charge < -0.3 is 11.1 Å². The topological polar surface area (TPSA) is 55.1 Å². The molecule has 3 nitrogen and oxygen atoms in total. The van der Waals surface area contributed by atoms with Crippen LogP contribution in [0.1, 0.15) is 21.5 Å². The predicted octanol–water partition coefficient (Wildman–Crippen LogP) is 3.44. The number of hydrogen-bond acceptors (Lipinski definition) is 2. The lowest BCUT2D eigenvalue weighted by Crippen LogP contribution is -2.24. The zero-order valence-corrected chi connectivity index (χ0v) is 14.4. The van der Waals surface area contributed by atoms with Gasteiger partial charge in [-0.2, -0.15) is 0 Å². The van der Waals surface area contributed by atoms with Crippen molar-refractivity contribution in [2.45, 2.75) is 13.1 Å². The van der Waals surface area contributed by atoms with Crippen molar-refractivity contribution in [2.75, 3.05) is 0 Å². The van der Waals surface area contributed by atoms with Gasteiger partial charge in [0, 0.05) is 21.1 Å². The molecule has 0 unspecified atom stereocenters. The average molecular weight is 445 g/mol. The van der Waals surface area contributed by atoms with Gasteiger partial charge in [-0.1, -0.05) is 24.3 Å². The minimum atomic E-state index is -0.0952. The minimum Gasteiger partial charge on any atom is -0.348 e.